The fourth-order valence-corrected chi connectivity index (χ4v) is 3.14. The van der Waals surface area contributed by atoms with Gasteiger partial charge in [0.25, 0.3) is 0 Å². The van der Waals surface area contributed by atoms with Crippen LogP contribution in [0.25, 0.3) is 11.3 Å². The van der Waals surface area contributed by atoms with Crippen LogP contribution in [0.3, 0.4) is 0 Å². The zero-order valence-corrected chi connectivity index (χ0v) is 12.3. The maximum Gasteiger partial charge on any atom is 0.149 e. The molecule has 0 unspecified atom stereocenters. The molecule has 3 rings (SSSR count). The normalized spacial score (nSPS) is 22.1. The molecule has 0 saturated heterocycles. The van der Waals surface area contributed by atoms with E-state index in [2.05, 4.69) is 17.1 Å². The average Bonchev–Trinajstić information content (AvgIpc) is 2.50. The van der Waals surface area contributed by atoms with Crippen molar-refractivity contribution in [1.29, 1.82) is 0 Å². The summed E-state index contributed by atoms with van der Waals surface area (Å²) < 4.78 is 0. The first-order valence-corrected chi connectivity index (χ1v) is 7.56. The minimum atomic E-state index is 0.222. The summed E-state index contributed by atoms with van der Waals surface area (Å²) in [6.07, 6.45) is 4.77. The van der Waals surface area contributed by atoms with Crippen molar-refractivity contribution in [2.24, 2.45) is 5.92 Å². The summed E-state index contributed by atoms with van der Waals surface area (Å²) in [4.78, 5) is 0. The summed E-state index contributed by atoms with van der Waals surface area (Å²) in [5.41, 5.74) is 8.51. The van der Waals surface area contributed by atoms with Gasteiger partial charge in [-0.3, -0.25) is 0 Å². The molecule has 0 aliphatic heterocycles. The minimum absolute atomic E-state index is 0.222. The molecule has 1 aliphatic carbocycles. The van der Waals surface area contributed by atoms with Gasteiger partial charge in [-0.25, -0.2) is 0 Å². The third-order valence-electron chi connectivity index (χ3n) is 4.49. The van der Waals surface area contributed by atoms with Crippen LogP contribution >= 0.6 is 0 Å². The molecule has 1 aliphatic rings. The summed E-state index contributed by atoms with van der Waals surface area (Å²) in [6.45, 7) is 2.30. The summed E-state index contributed by atoms with van der Waals surface area (Å²) >= 11 is 0. The van der Waals surface area contributed by atoms with Crippen LogP contribution in [-0.4, -0.2) is 15.3 Å². The van der Waals surface area contributed by atoms with Crippen molar-refractivity contribution in [3.05, 3.63) is 35.9 Å². The van der Waals surface area contributed by atoms with Crippen molar-refractivity contribution in [2.45, 2.75) is 38.5 Å². The van der Waals surface area contributed by atoms with Gasteiger partial charge in [0, 0.05) is 11.1 Å². The molecule has 3 N–H and O–H groups in total. The number of para-hydroxylation sites is 1. The second-order valence-corrected chi connectivity index (χ2v) is 6.04. The van der Waals surface area contributed by atoms with Crippen LogP contribution in [0.1, 0.15) is 44.1 Å². The number of aromatic nitrogens is 2. The quantitative estimate of drug-likeness (QED) is 0.881. The Balaban J connectivity index is 1.95. The lowest BCUT2D eigenvalue weighted by Crippen LogP contribution is -2.13. The second-order valence-electron chi connectivity index (χ2n) is 6.04. The van der Waals surface area contributed by atoms with Gasteiger partial charge in [0.05, 0.1) is 5.69 Å². The van der Waals surface area contributed by atoms with E-state index in [-0.39, 0.29) is 5.75 Å². The van der Waals surface area contributed by atoms with E-state index in [1.807, 2.05) is 18.2 Å². The van der Waals surface area contributed by atoms with Gasteiger partial charge in [0.1, 0.15) is 11.6 Å². The Hall–Kier alpha value is -2.10. The standard InChI is InChI=1S/C17H21N3O/c1-11-6-8-12(9-7-11)14-10-15(19-20-17(14)18)13-4-2-3-5-16(13)21/h2-5,10-12,21H,6-9H2,1H3,(H2,18,20)/t11-,12+. The smallest absolute Gasteiger partial charge is 0.149 e. The van der Waals surface area contributed by atoms with Crippen LogP contribution in [-0.2, 0) is 0 Å². The van der Waals surface area contributed by atoms with E-state index in [0.29, 0.717) is 23.0 Å². The highest BCUT2D eigenvalue weighted by Crippen LogP contribution is 2.38. The number of hydrogen-bond acceptors (Lipinski definition) is 4. The first-order chi connectivity index (χ1) is 10.1. The molecular weight excluding hydrogens is 262 g/mol. The molecule has 1 aromatic heterocycles. The number of aromatic hydroxyl groups is 1. The number of rotatable bonds is 2. The zero-order valence-electron chi connectivity index (χ0n) is 12.3. The topological polar surface area (TPSA) is 72.0 Å². The van der Waals surface area contributed by atoms with Gasteiger partial charge in [0.15, 0.2) is 0 Å². The minimum Gasteiger partial charge on any atom is -0.507 e. The molecule has 0 atom stereocenters. The predicted molar refractivity (Wildman–Crippen MR) is 83.9 cm³/mol. The third-order valence-corrected chi connectivity index (χ3v) is 4.49. The number of anilines is 1. The Kier molecular flexibility index (Phi) is 3.78. The van der Waals surface area contributed by atoms with Gasteiger partial charge < -0.3 is 10.8 Å². The van der Waals surface area contributed by atoms with Crippen molar-refractivity contribution in [2.75, 3.05) is 5.73 Å². The Morgan fingerprint density at radius 3 is 2.52 bits per heavy atom. The van der Waals surface area contributed by atoms with Crippen LogP contribution < -0.4 is 5.73 Å². The van der Waals surface area contributed by atoms with Crippen LogP contribution in [0.5, 0.6) is 5.75 Å². The Labute approximate surface area is 125 Å². The van der Waals surface area contributed by atoms with Crippen LogP contribution in [0.15, 0.2) is 30.3 Å². The Morgan fingerprint density at radius 2 is 1.81 bits per heavy atom. The molecule has 1 aromatic carbocycles. The summed E-state index contributed by atoms with van der Waals surface area (Å²) in [5.74, 6) is 2.00. The molecule has 0 bridgehead atoms. The Morgan fingerprint density at radius 1 is 1.10 bits per heavy atom. The molecule has 1 fully saturated rings. The first kappa shape index (κ1) is 13.9. The number of phenolic OH excluding ortho intramolecular Hbond substituents is 1. The van der Waals surface area contributed by atoms with Gasteiger partial charge in [-0.2, -0.15) is 0 Å². The molecule has 1 heterocycles. The first-order valence-electron chi connectivity index (χ1n) is 7.56. The summed E-state index contributed by atoms with van der Waals surface area (Å²) in [5, 5.41) is 18.2. The van der Waals surface area contributed by atoms with E-state index in [1.165, 1.54) is 12.8 Å². The molecule has 0 spiro atoms. The predicted octanol–water partition coefficient (Wildman–Crippen LogP) is 3.73. The number of nitrogens with zero attached hydrogens (tertiary/aromatic N) is 2. The highest BCUT2D eigenvalue weighted by atomic mass is 16.3. The number of phenols is 1. The summed E-state index contributed by atoms with van der Waals surface area (Å²) in [7, 11) is 0. The molecule has 110 valence electrons. The average molecular weight is 283 g/mol. The molecule has 4 nitrogen and oxygen atoms in total. The Bertz CT molecular complexity index is 634. The van der Waals surface area contributed by atoms with Crippen molar-refractivity contribution in [3.8, 4) is 17.0 Å². The van der Waals surface area contributed by atoms with Crippen molar-refractivity contribution < 1.29 is 5.11 Å². The lowest BCUT2D eigenvalue weighted by molar-refractivity contribution is 0.348. The van der Waals surface area contributed by atoms with Gasteiger partial charge in [-0.1, -0.05) is 31.9 Å². The van der Waals surface area contributed by atoms with Crippen LogP contribution in [0.2, 0.25) is 0 Å². The van der Waals surface area contributed by atoms with Crippen LogP contribution in [0, 0.1) is 5.92 Å². The lowest BCUT2D eigenvalue weighted by Gasteiger charge is -2.27. The molecule has 1 saturated carbocycles. The maximum atomic E-state index is 9.97. The van der Waals surface area contributed by atoms with E-state index in [9.17, 15) is 5.11 Å². The van der Waals surface area contributed by atoms with Crippen LogP contribution in [0.4, 0.5) is 5.82 Å². The summed E-state index contributed by atoms with van der Waals surface area (Å²) in [6, 6.07) is 9.19. The molecule has 0 amide bonds. The third kappa shape index (κ3) is 2.84. The van der Waals surface area contributed by atoms with E-state index < -0.39 is 0 Å². The van der Waals surface area contributed by atoms with Crippen molar-refractivity contribution in [1.82, 2.24) is 10.2 Å². The SMILES string of the molecule is C[C@H]1CC[C@@H](c2cc(-c3ccccc3O)nnc2N)CC1. The number of nitrogen functional groups attached to an aromatic ring is 1. The van der Waals surface area contributed by atoms with Gasteiger partial charge >= 0.3 is 0 Å². The lowest BCUT2D eigenvalue weighted by atomic mass is 9.79. The molecule has 21 heavy (non-hydrogen) atoms. The van der Waals surface area contributed by atoms with Crippen molar-refractivity contribution in [3.63, 3.8) is 0 Å². The zero-order chi connectivity index (χ0) is 14.8. The largest absolute Gasteiger partial charge is 0.507 e. The van der Waals surface area contributed by atoms with E-state index in [1.54, 1.807) is 12.1 Å². The molecule has 0 radical (unpaired) electrons. The van der Waals surface area contributed by atoms with Crippen molar-refractivity contribution >= 4 is 5.82 Å². The van der Waals surface area contributed by atoms with E-state index >= 15 is 0 Å². The van der Waals surface area contributed by atoms with Gasteiger partial charge in [-0.05, 0) is 42.9 Å². The highest BCUT2D eigenvalue weighted by Gasteiger charge is 2.23. The van der Waals surface area contributed by atoms with Gasteiger partial charge in [0.2, 0.25) is 0 Å². The number of nitrogens with two attached hydrogens (primary N) is 1. The van der Waals surface area contributed by atoms with E-state index in [0.717, 1.165) is 24.3 Å². The fraction of sp³-hybridized carbons (Fsp3) is 0.412. The second kappa shape index (κ2) is 5.72. The number of hydrogen-bond donors (Lipinski definition) is 2. The van der Waals surface area contributed by atoms with Gasteiger partial charge in [-0.15, -0.1) is 10.2 Å². The molecule has 2 aromatic rings. The monoisotopic (exact) mass is 283 g/mol. The molecule has 4 heteroatoms. The molecular formula is C17H21N3O. The highest BCUT2D eigenvalue weighted by molar-refractivity contribution is 5.67. The fourth-order valence-electron chi connectivity index (χ4n) is 3.14. The maximum absolute atomic E-state index is 9.97. The number of benzene rings is 1. The van der Waals surface area contributed by atoms with E-state index in [4.69, 9.17) is 5.73 Å².